The number of rotatable bonds is 9. The minimum absolute atomic E-state index is 0.517. The molecular formula is C10H20N2O3. The van der Waals surface area contributed by atoms with E-state index in [4.69, 9.17) is 15.7 Å². The Morgan fingerprint density at radius 2 is 2.20 bits per heavy atom. The van der Waals surface area contributed by atoms with Crippen LogP contribution in [-0.2, 0) is 9.63 Å². The second-order valence-electron chi connectivity index (χ2n) is 3.52. The van der Waals surface area contributed by atoms with Crippen molar-refractivity contribution in [2.75, 3.05) is 6.61 Å². The lowest BCUT2D eigenvalue weighted by Crippen LogP contribution is -2.29. The van der Waals surface area contributed by atoms with Crippen LogP contribution in [0.4, 0.5) is 0 Å². The highest BCUT2D eigenvalue weighted by Gasteiger charge is 2.09. The average Bonchev–Trinajstić information content (AvgIpc) is 2.15. The van der Waals surface area contributed by atoms with Gasteiger partial charge in [0, 0.05) is 5.70 Å². The number of aliphatic carboxylic acids is 1. The molecule has 88 valence electrons. The fourth-order valence-corrected chi connectivity index (χ4v) is 1.01. The molecular weight excluding hydrogens is 196 g/mol. The van der Waals surface area contributed by atoms with Crippen molar-refractivity contribution < 1.29 is 14.7 Å². The Kier molecular flexibility index (Phi) is 7.67. The molecule has 0 aromatic heterocycles. The van der Waals surface area contributed by atoms with E-state index in [9.17, 15) is 4.79 Å². The van der Waals surface area contributed by atoms with Gasteiger partial charge in [0.15, 0.2) is 0 Å². The molecule has 0 aliphatic carbocycles. The third-order valence-electron chi connectivity index (χ3n) is 1.83. The van der Waals surface area contributed by atoms with Crippen molar-refractivity contribution >= 4 is 5.97 Å². The first-order valence-electron chi connectivity index (χ1n) is 5.05. The van der Waals surface area contributed by atoms with Gasteiger partial charge in [0.2, 0.25) is 0 Å². The van der Waals surface area contributed by atoms with Crippen LogP contribution in [0.2, 0.25) is 0 Å². The summed E-state index contributed by atoms with van der Waals surface area (Å²) in [6.07, 6.45) is 3.12. The molecule has 1 atom stereocenters. The minimum Gasteiger partial charge on any atom is -0.480 e. The van der Waals surface area contributed by atoms with E-state index in [1.54, 1.807) is 0 Å². The Morgan fingerprint density at radius 3 is 2.73 bits per heavy atom. The van der Waals surface area contributed by atoms with Crippen LogP contribution in [0.1, 0.15) is 32.6 Å². The lowest BCUT2D eigenvalue weighted by atomic mass is 10.1. The molecule has 1 unspecified atom stereocenters. The van der Waals surface area contributed by atoms with E-state index in [0.717, 1.165) is 25.0 Å². The first kappa shape index (κ1) is 13.9. The van der Waals surface area contributed by atoms with Crippen LogP contribution in [0.15, 0.2) is 12.3 Å². The number of carboxylic acid groups (broad SMARTS) is 1. The third-order valence-corrected chi connectivity index (χ3v) is 1.83. The van der Waals surface area contributed by atoms with Crippen molar-refractivity contribution in [3.63, 3.8) is 0 Å². The van der Waals surface area contributed by atoms with E-state index in [2.05, 4.69) is 12.1 Å². The molecule has 4 N–H and O–H groups in total. The quantitative estimate of drug-likeness (QED) is 0.396. The van der Waals surface area contributed by atoms with Crippen LogP contribution >= 0.6 is 0 Å². The van der Waals surface area contributed by atoms with Crippen LogP contribution in [0, 0.1) is 0 Å². The Hall–Kier alpha value is -1.07. The number of hydrogen-bond acceptors (Lipinski definition) is 4. The van der Waals surface area contributed by atoms with Crippen molar-refractivity contribution in [3.05, 3.63) is 12.3 Å². The maximum Gasteiger partial charge on any atom is 0.320 e. The molecule has 0 saturated heterocycles. The number of allylic oxidation sites excluding steroid dienone is 1. The highest BCUT2D eigenvalue weighted by atomic mass is 16.6. The molecule has 0 spiro atoms. The fourth-order valence-electron chi connectivity index (χ4n) is 1.01. The van der Waals surface area contributed by atoms with Gasteiger partial charge in [-0.15, -0.1) is 0 Å². The molecule has 0 saturated carbocycles. The average molecular weight is 216 g/mol. The first-order valence-corrected chi connectivity index (χ1v) is 5.05. The predicted molar refractivity (Wildman–Crippen MR) is 58.0 cm³/mol. The molecule has 0 aliphatic heterocycles. The van der Waals surface area contributed by atoms with E-state index >= 15 is 0 Å². The van der Waals surface area contributed by atoms with Gasteiger partial charge in [0.1, 0.15) is 6.04 Å². The number of nitrogens with one attached hydrogen (secondary N) is 1. The van der Waals surface area contributed by atoms with Crippen molar-refractivity contribution in [3.8, 4) is 0 Å². The van der Waals surface area contributed by atoms with Crippen LogP contribution in [0.5, 0.6) is 0 Å². The van der Waals surface area contributed by atoms with Crippen molar-refractivity contribution in [1.82, 2.24) is 5.48 Å². The maximum atomic E-state index is 10.4. The summed E-state index contributed by atoms with van der Waals surface area (Å²) in [6.45, 7) is 6.02. The van der Waals surface area contributed by atoms with E-state index in [1.807, 2.05) is 6.92 Å². The predicted octanol–water partition coefficient (Wildman–Crippen LogP) is 1.01. The Labute approximate surface area is 90.2 Å². The molecule has 0 heterocycles. The SMILES string of the molecule is C=C(C)NOCCCCCC(N)C(=O)O. The van der Waals surface area contributed by atoms with E-state index in [-0.39, 0.29) is 0 Å². The summed E-state index contributed by atoms with van der Waals surface area (Å²) in [5, 5.41) is 8.51. The topological polar surface area (TPSA) is 84.6 Å². The molecule has 0 bridgehead atoms. The molecule has 0 radical (unpaired) electrons. The summed E-state index contributed by atoms with van der Waals surface area (Å²) in [6, 6.07) is -0.737. The first-order chi connectivity index (χ1) is 7.04. The van der Waals surface area contributed by atoms with Gasteiger partial charge in [0.05, 0.1) is 6.61 Å². The van der Waals surface area contributed by atoms with Crippen LogP contribution in [-0.4, -0.2) is 23.7 Å². The number of nitrogens with two attached hydrogens (primary N) is 1. The second-order valence-corrected chi connectivity index (χ2v) is 3.52. The van der Waals surface area contributed by atoms with Gasteiger partial charge in [-0.05, 0) is 19.8 Å². The largest absolute Gasteiger partial charge is 0.480 e. The zero-order chi connectivity index (χ0) is 11.7. The summed E-state index contributed by atoms with van der Waals surface area (Å²) in [4.78, 5) is 15.4. The van der Waals surface area contributed by atoms with Gasteiger partial charge in [-0.1, -0.05) is 19.4 Å². The monoisotopic (exact) mass is 216 g/mol. The number of hydrogen-bond donors (Lipinski definition) is 3. The summed E-state index contributed by atoms with van der Waals surface area (Å²) in [5.41, 5.74) is 8.76. The van der Waals surface area contributed by atoms with Crippen LogP contribution < -0.4 is 11.2 Å². The highest BCUT2D eigenvalue weighted by Crippen LogP contribution is 2.02. The van der Waals surface area contributed by atoms with Gasteiger partial charge in [-0.3, -0.25) is 15.1 Å². The summed E-state index contributed by atoms with van der Waals surface area (Å²) in [5.74, 6) is -0.935. The standard InChI is InChI=1S/C10H20N2O3/c1-8(2)12-15-7-5-3-4-6-9(11)10(13)14/h9,12H,1,3-7,11H2,2H3,(H,13,14). The van der Waals surface area contributed by atoms with Gasteiger partial charge >= 0.3 is 5.97 Å². The zero-order valence-corrected chi connectivity index (χ0v) is 9.16. The maximum absolute atomic E-state index is 10.4. The summed E-state index contributed by atoms with van der Waals surface area (Å²) >= 11 is 0. The number of carbonyl (C=O) groups is 1. The normalized spacial score (nSPS) is 12.1. The van der Waals surface area contributed by atoms with Gasteiger partial charge in [-0.2, -0.15) is 0 Å². The lowest BCUT2D eigenvalue weighted by molar-refractivity contribution is -0.138. The van der Waals surface area contributed by atoms with Crippen LogP contribution in [0.25, 0.3) is 0 Å². The second kappa shape index (κ2) is 8.26. The van der Waals surface area contributed by atoms with Gasteiger partial charge < -0.3 is 10.8 Å². The third kappa shape index (κ3) is 9.24. The number of unbranched alkanes of at least 4 members (excludes halogenated alkanes) is 2. The fraction of sp³-hybridized carbons (Fsp3) is 0.700. The van der Waals surface area contributed by atoms with Crippen molar-refractivity contribution in [2.45, 2.75) is 38.6 Å². The molecule has 5 heteroatoms. The molecule has 0 aliphatic rings. The molecule has 0 rings (SSSR count). The smallest absolute Gasteiger partial charge is 0.320 e. The zero-order valence-electron chi connectivity index (χ0n) is 9.16. The van der Waals surface area contributed by atoms with E-state index in [0.29, 0.717) is 13.0 Å². The summed E-state index contributed by atoms with van der Waals surface area (Å²) < 4.78 is 0. The number of hydroxylamine groups is 1. The Balaban J connectivity index is 3.18. The Bertz CT molecular complexity index is 207. The summed E-state index contributed by atoms with van der Waals surface area (Å²) in [7, 11) is 0. The molecule has 15 heavy (non-hydrogen) atoms. The molecule has 0 aromatic rings. The van der Waals surface area contributed by atoms with Gasteiger partial charge in [0.25, 0.3) is 0 Å². The minimum atomic E-state index is -0.935. The van der Waals surface area contributed by atoms with Gasteiger partial charge in [-0.25, -0.2) is 0 Å². The lowest BCUT2D eigenvalue weighted by Gasteiger charge is -2.07. The number of carboxylic acids is 1. The van der Waals surface area contributed by atoms with Crippen molar-refractivity contribution in [2.24, 2.45) is 5.73 Å². The van der Waals surface area contributed by atoms with E-state index in [1.165, 1.54) is 0 Å². The molecule has 0 aromatic carbocycles. The molecule has 5 nitrogen and oxygen atoms in total. The Morgan fingerprint density at radius 1 is 1.53 bits per heavy atom. The molecule has 0 fully saturated rings. The van der Waals surface area contributed by atoms with Crippen LogP contribution in [0.3, 0.4) is 0 Å². The van der Waals surface area contributed by atoms with Crippen molar-refractivity contribution in [1.29, 1.82) is 0 Å². The highest BCUT2D eigenvalue weighted by molar-refractivity contribution is 5.72. The molecule has 0 amide bonds. The van der Waals surface area contributed by atoms with E-state index < -0.39 is 12.0 Å².